The van der Waals surface area contributed by atoms with Crippen LogP contribution in [0.25, 0.3) is 0 Å². The highest BCUT2D eigenvalue weighted by atomic mass is 79.9. The van der Waals surface area contributed by atoms with E-state index in [9.17, 15) is 4.39 Å². The van der Waals surface area contributed by atoms with Crippen molar-refractivity contribution in [1.82, 2.24) is 10.6 Å². The predicted octanol–water partition coefficient (Wildman–Crippen LogP) is 3.50. The van der Waals surface area contributed by atoms with E-state index in [1.165, 1.54) is 12.1 Å². The van der Waals surface area contributed by atoms with Crippen LogP contribution in [0, 0.1) is 5.82 Å². The summed E-state index contributed by atoms with van der Waals surface area (Å²) >= 11 is 9.57. The number of benzene rings is 2. The minimum absolute atomic E-state index is 0.134. The highest BCUT2D eigenvalue weighted by Gasteiger charge is 2.13. The predicted molar refractivity (Wildman–Crippen MR) is 108 cm³/mol. The molecule has 0 saturated carbocycles. The van der Waals surface area contributed by atoms with E-state index in [0.717, 1.165) is 23.1 Å². The fraction of sp³-hybridized carbons (Fsp3) is 0.368. The van der Waals surface area contributed by atoms with E-state index >= 15 is 0 Å². The molecule has 0 spiro atoms. The first-order valence-corrected chi connectivity index (χ1v) is 9.67. The van der Waals surface area contributed by atoms with Crippen LogP contribution in [-0.2, 0) is 13.2 Å². The number of hydrogen-bond donors (Lipinski definition) is 3. The van der Waals surface area contributed by atoms with E-state index in [1.54, 1.807) is 13.2 Å². The number of aliphatic hydroxyl groups is 1. The third kappa shape index (κ3) is 6.93. The molecule has 0 aliphatic carbocycles. The standard InChI is InChI=1S/C19H23BrClFN2O3/c1-26-18-9-13(11-24-5-4-23-6-7-25)8-16(20)19(18)27-12-14-2-3-15(22)10-17(14)21/h2-3,8-10,23-25H,4-7,11-12H2,1H3. The Morgan fingerprint density at radius 2 is 1.93 bits per heavy atom. The number of aliphatic hydroxyl groups excluding tert-OH is 1. The van der Waals surface area contributed by atoms with Gasteiger partial charge in [-0.05, 0) is 45.8 Å². The number of ether oxygens (including phenoxy) is 2. The lowest BCUT2D eigenvalue weighted by Gasteiger charge is -2.15. The Kier molecular flexibility index (Phi) is 9.30. The smallest absolute Gasteiger partial charge is 0.175 e. The quantitative estimate of drug-likeness (QED) is 0.447. The van der Waals surface area contributed by atoms with Crippen molar-refractivity contribution in [3.63, 3.8) is 0 Å². The zero-order valence-corrected chi connectivity index (χ0v) is 17.4. The van der Waals surface area contributed by atoms with Gasteiger partial charge >= 0.3 is 0 Å². The van der Waals surface area contributed by atoms with E-state index in [0.29, 0.717) is 35.2 Å². The van der Waals surface area contributed by atoms with Crippen molar-refractivity contribution >= 4 is 27.5 Å². The first kappa shape index (κ1) is 21.9. The van der Waals surface area contributed by atoms with Gasteiger partial charge in [0.1, 0.15) is 12.4 Å². The number of methoxy groups -OCH3 is 1. The van der Waals surface area contributed by atoms with Crippen LogP contribution in [0.5, 0.6) is 11.5 Å². The van der Waals surface area contributed by atoms with Gasteiger partial charge in [0.2, 0.25) is 0 Å². The molecule has 0 amide bonds. The van der Waals surface area contributed by atoms with Gasteiger partial charge in [-0.15, -0.1) is 0 Å². The zero-order chi connectivity index (χ0) is 19.6. The molecular weight excluding hydrogens is 439 g/mol. The first-order chi connectivity index (χ1) is 13.0. The van der Waals surface area contributed by atoms with Crippen molar-refractivity contribution in [1.29, 1.82) is 0 Å². The van der Waals surface area contributed by atoms with Crippen molar-refractivity contribution < 1.29 is 19.0 Å². The van der Waals surface area contributed by atoms with Crippen molar-refractivity contribution in [2.24, 2.45) is 0 Å². The van der Waals surface area contributed by atoms with Gasteiger partial charge in [-0.25, -0.2) is 4.39 Å². The van der Waals surface area contributed by atoms with Crippen molar-refractivity contribution in [3.8, 4) is 11.5 Å². The van der Waals surface area contributed by atoms with Gasteiger partial charge < -0.3 is 25.2 Å². The zero-order valence-electron chi connectivity index (χ0n) is 15.0. The van der Waals surface area contributed by atoms with E-state index in [2.05, 4.69) is 26.6 Å². The maximum Gasteiger partial charge on any atom is 0.175 e. The maximum atomic E-state index is 13.2. The first-order valence-electron chi connectivity index (χ1n) is 8.50. The molecule has 0 radical (unpaired) electrons. The molecule has 0 aromatic heterocycles. The molecule has 2 rings (SSSR count). The van der Waals surface area contributed by atoms with E-state index in [4.69, 9.17) is 26.2 Å². The summed E-state index contributed by atoms with van der Waals surface area (Å²) in [6, 6.07) is 8.07. The van der Waals surface area contributed by atoms with Crippen LogP contribution >= 0.6 is 27.5 Å². The Labute approximate surface area is 172 Å². The second-order valence-corrected chi connectivity index (χ2v) is 7.05. The average molecular weight is 462 g/mol. The molecule has 0 aliphatic rings. The lowest BCUT2D eigenvalue weighted by Crippen LogP contribution is -2.28. The molecule has 2 aromatic carbocycles. The van der Waals surface area contributed by atoms with E-state index in [-0.39, 0.29) is 19.0 Å². The molecule has 0 saturated heterocycles. The van der Waals surface area contributed by atoms with Crippen molar-refractivity contribution in [3.05, 3.63) is 56.8 Å². The molecule has 0 aliphatic heterocycles. The molecule has 5 nitrogen and oxygen atoms in total. The minimum Gasteiger partial charge on any atom is -0.493 e. The van der Waals surface area contributed by atoms with Crippen LogP contribution in [0.4, 0.5) is 4.39 Å². The van der Waals surface area contributed by atoms with Crippen LogP contribution < -0.4 is 20.1 Å². The molecule has 0 fully saturated rings. The highest BCUT2D eigenvalue weighted by molar-refractivity contribution is 9.10. The van der Waals surface area contributed by atoms with Gasteiger partial charge in [-0.1, -0.05) is 17.7 Å². The summed E-state index contributed by atoms with van der Waals surface area (Å²) in [6.45, 7) is 3.14. The molecule has 0 bridgehead atoms. The Morgan fingerprint density at radius 1 is 1.15 bits per heavy atom. The highest BCUT2D eigenvalue weighted by Crippen LogP contribution is 2.37. The summed E-state index contributed by atoms with van der Waals surface area (Å²) in [5, 5.41) is 15.5. The van der Waals surface area contributed by atoms with Crippen LogP contribution in [0.3, 0.4) is 0 Å². The second kappa shape index (κ2) is 11.5. The Morgan fingerprint density at radius 3 is 2.63 bits per heavy atom. The monoisotopic (exact) mass is 460 g/mol. The number of rotatable bonds is 11. The largest absolute Gasteiger partial charge is 0.493 e. The van der Waals surface area contributed by atoms with Gasteiger partial charge in [-0.2, -0.15) is 0 Å². The SMILES string of the molecule is COc1cc(CNCCNCCO)cc(Br)c1OCc1ccc(F)cc1Cl. The molecule has 3 N–H and O–H groups in total. The van der Waals surface area contributed by atoms with Crippen LogP contribution in [0.15, 0.2) is 34.8 Å². The molecule has 0 unspecified atom stereocenters. The Hall–Kier alpha value is -1.38. The van der Waals surface area contributed by atoms with Crippen molar-refractivity contribution in [2.75, 3.05) is 33.4 Å². The summed E-state index contributed by atoms with van der Waals surface area (Å²) < 4.78 is 25.2. The molecule has 8 heteroatoms. The lowest BCUT2D eigenvalue weighted by molar-refractivity contribution is 0.282. The second-order valence-electron chi connectivity index (χ2n) is 5.78. The summed E-state index contributed by atoms with van der Waals surface area (Å²) in [5.41, 5.74) is 1.72. The maximum absolute atomic E-state index is 13.2. The summed E-state index contributed by atoms with van der Waals surface area (Å²) in [7, 11) is 1.58. The van der Waals surface area contributed by atoms with Gasteiger partial charge in [0, 0.05) is 31.7 Å². The minimum atomic E-state index is -0.383. The molecule has 2 aromatic rings. The fourth-order valence-electron chi connectivity index (χ4n) is 2.42. The van der Waals surface area contributed by atoms with E-state index < -0.39 is 0 Å². The third-order valence-electron chi connectivity index (χ3n) is 3.77. The lowest BCUT2D eigenvalue weighted by atomic mass is 10.2. The Bertz CT molecular complexity index is 749. The normalized spacial score (nSPS) is 10.9. The van der Waals surface area contributed by atoms with Gasteiger partial charge in [0.25, 0.3) is 0 Å². The molecule has 148 valence electrons. The number of hydrogen-bond acceptors (Lipinski definition) is 5. The fourth-order valence-corrected chi connectivity index (χ4v) is 3.24. The Balaban J connectivity index is 1.98. The van der Waals surface area contributed by atoms with Crippen LogP contribution in [0.1, 0.15) is 11.1 Å². The molecule has 27 heavy (non-hydrogen) atoms. The number of nitrogens with one attached hydrogen (secondary N) is 2. The van der Waals surface area contributed by atoms with Gasteiger partial charge in [-0.3, -0.25) is 0 Å². The summed E-state index contributed by atoms with van der Waals surface area (Å²) in [5.74, 6) is 0.773. The summed E-state index contributed by atoms with van der Waals surface area (Å²) in [4.78, 5) is 0. The number of halogens is 3. The molecule has 0 heterocycles. The summed E-state index contributed by atoms with van der Waals surface area (Å²) in [6.07, 6.45) is 0. The van der Waals surface area contributed by atoms with Gasteiger partial charge in [0.15, 0.2) is 11.5 Å². The van der Waals surface area contributed by atoms with Gasteiger partial charge in [0.05, 0.1) is 23.2 Å². The van der Waals surface area contributed by atoms with Crippen LogP contribution in [-0.4, -0.2) is 38.5 Å². The van der Waals surface area contributed by atoms with Crippen molar-refractivity contribution in [2.45, 2.75) is 13.2 Å². The molecule has 0 atom stereocenters. The molecular formula is C19H23BrClFN2O3. The van der Waals surface area contributed by atoms with Crippen LogP contribution in [0.2, 0.25) is 5.02 Å². The van der Waals surface area contributed by atoms with E-state index in [1.807, 2.05) is 12.1 Å². The topological polar surface area (TPSA) is 62.8 Å². The average Bonchev–Trinajstić information content (AvgIpc) is 2.64. The third-order valence-corrected chi connectivity index (χ3v) is 4.71.